The van der Waals surface area contributed by atoms with E-state index in [1.165, 1.54) is 12.8 Å². The van der Waals surface area contributed by atoms with E-state index in [1.54, 1.807) is 14.2 Å². The number of carbonyl (C=O) groups excluding carboxylic acids is 2. The predicted molar refractivity (Wildman–Crippen MR) is 156 cm³/mol. The van der Waals surface area contributed by atoms with Crippen molar-refractivity contribution in [2.75, 3.05) is 41.4 Å². The number of ketones is 2. The second-order valence-corrected chi connectivity index (χ2v) is 11.5. The lowest BCUT2D eigenvalue weighted by Gasteiger charge is -2.45. The maximum absolute atomic E-state index is 13.9. The van der Waals surface area contributed by atoms with E-state index in [-0.39, 0.29) is 11.6 Å². The van der Waals surface area contributed by atoms with Gasteiger partial charge in [0.2, 0.25) is 0 Å². The summed E-state index contributed by atoms with van der Waals surface area (Å²) in [6, 6.07) is 15.1. The third-order valence-electron chi connectivity index (χ3n) is 9.36. The number of Topliss-reactive ketones (excluding diaryl/α,β-unsaturated/α-hetero) is 2. The number of nitrogens with zero attached hydrogens (tertiary/aromatic N) is 2. The average molecular weight is 535 g/mol. The molecule has 2 fully saturated rings. The molecule has 0 atom stereocenters. The van der Waals surface area contributed by atoms with Gasteiger partial charge in [-0.2, -0.15) is 0 Å². The van der Waals surface area contributed by atoms with Crippen LogP contribution in [0.1, 0.15) is 91.3 Å². The van der Waals surface area contributed by atoms with Gasteiger partial charge in [-0.1, -0.05) is 38.5 Å². The van der Waals surface area contributed by atoms with Crippen molar-refractivity contribution in [1.29, 1.82) is 0 Å². The molecule has 0 unspecified atom stereocenters. The van der Waals surface area contributed by atoms with Crippen LogP contribution in [0.25, 0.3) is 0 Å². The first-order chi connectivity index (χ1) is 18.9. The highest BCUT2D eigenvalue weighted by Crippen LogP contribution is 2.38. The molecule has 6 nitrogen and oxygen atoms in total. The Labute approximate surface area is 234 Å². The lowest BCUT2D eigenvalue weighted by Crippen LogP contribution is -2.56. The zero-order valence-electron chi connectivity index (χ0n) is 24.3. The zero-order chi connectivity index (χ0) is 27.9. The Morgan fingerprint density at radius 3 is 1.26 bits per heavy atom. The van der Waals surface area contributed by atoms with Gasteiger partial charge in [-0.25, -0.2) is 0 Å². The molecule has 0 amide bonds. The van der Waals surface area contributed by atoms with Crippen LogP contribution in [-0.4, -0.2) is 73.8 Å². The van der Waals surface area contributed by atoms with E-state index in [9.17, 15) is 9.59 Å². The van der Waals surface area contributed by atoms with Crippen molar-refractivity contribution in [3.63, 3.8) is 0 Å². The van der Waals surface area contributed by atoms with Gasteiger partial charge >= 0.3 is 0 Å². The lowest BCUT2D eigenvalue weighted by atomic mass is 9.75. The van der Waals surface area contributed by atoms with Crippen LogP contribution in [0.5, 0.6) is 11.5 Å². The number of hydrogen-bond acceptors (Lipinski definition) is 6. The monoisotopic (exact) mass is 534 g/mol. The Morgan fingerprint density at radius 2 is 0.949 bits per heavy atom. The van der Waals surface area contributed by atoms with Gasteiger partial charge in [0.1, 0.15) is 11.5 Å². The summed E-state index contributed by atoms with van der Waals surface area (Å²) in [5, 5.41) is 0. The Morgan fingerprint density at radius 1 is 0.615 bits per heavy atom. The van der Waals surface area contributed by atoms with Gasteiger partial charge in [-0.15, -0.1) is 0 Å². The summed E-state index contributed by atoms with van der Waals surface area (Å²) in [7, 11) is 7.52. The molecule has 2 aromatic rings. The summed E-state index contributed by atoms with van der Waals surface area (Å²) in [5.74, 6) is 1.97. The summed E-state index contributed by atoms with van der Waals surface area (Å²) < 4.78 is 10.6. The number of carbonyl (C=O) groups is 2. The lowest BCUT2D eigenvalue weighted by molar-refractivity contribution is 0.0382. The summed E-state index contributed by atoms with van der Waals surface area (Å²) in [5.41, 5.74) is 0.584. The molecule has 4 rings (SSSR count). The van der Waals surface area contributed by atoms with Crippen molar-refractivity contribution in [2.45, 2.75) is 81.7 Å². The van der Waals surface area contributed by atoms with E-state index in [4.69, 9.17) is 9.47 Å². The molecule has 0 radical (unpaired) electrons. The normalized spacial score (nSPS) is 18.6. The van der Waals surface area contributed by atoms with Crippen molar-refractivity contribution in [2.24, 2.45) is 0 Å². The third kappa shape index (κ3) is 6.22. The van der Waals surface area contributed by atoms with E-state index < -0.39 is 11.1 Å². The first kappa shape index (κ1) is 29.3. The first-order valence-electron chi connectivity index (χ1n) is 14.7. The van der Waals surface area contributed by atoms with Crippen molar-refractivity contribution in [3.05, 3.63) is 59.7 Å². The molecule has 0 aromatic heterocycles. The zero-order valence-corrected chi connectivity index (χ0v) is 24.3. The molecule has 0 aliphatic heterocycles. The van der Waals surface area contributed by atoms with Gasteiger partial charge < -0.3 is 9.47 Å². The molecule has 2 saturated carbocycles. The number of methoxy groups -OCH3 is 2. The standard InChI is InChI=1S/C33H46N2O4/c1-34(32(20-7-5-8-21-32)30(36)26-12-16-28(38-3)17-13-26)24-11-25-35(2)33(22-9-6-10-23-33)31(37)27-14-18-29(39-4)19-15-27/h12-19H,5-11,20-25H2,1-4H3. The van der Waals surface area contributed by atoms with Gasteiger partial charge in [0.05, 0.1) is 25.3 Å². The second kappa shape index (κ2) is 13.1. The quantitative estimate of drug-likeness (QED) is 0.293. The summed E-state index contributed by atoms with van der Waals surface area (Å²) >= 11 is 0. The van der Waals surface area contributed by atoms with Gasteiger partial charge in [0.15, 0.2) is 11.6 Å². The average Bonchev–Trinajstić information content (AvgIpc) is 3.00. The third-order valence-corrected chi connectivity index (χ3v) is 9.36. The van der Waals surface area contributed by atoms with Crippen molar-refractivity contribution >= 4 is 11.6 Å². The molecule has 212 valence electrons. The smallest absolute Gasteiger partial charge is 0.183 e. The highest BCUT2D eigenvalue weighted by molar-refractivity contribution is 6.04. The van der Waals surface area contributed by atoms with Crippen LogP contribution in [0.2, 0.25) is 0 Å². The van der Waals surface area contributed by atoms with E-state index in [1.807, 2.05) is 48.5 Å². The van der Waals surface area contributed by atoms with Crippen LogP contribution in [-0.2, 0) is 0 Å². The largest absolute Gasteiger partial charge is 0.497 e. The van der Waals surface area contributed by atoms with Crippen LogP contribution < -0.4 is 9.47 Å². The highest BCUT2D eigenvalue weighted by Gasteiger charge is 2.45. The number of benzene rings is 2. The van der Waals surface area contributed by atoms with Crippen LogP contribution in [0.3, 0.4) is 0 Å². The molecule has 39 heavy (non-hydrogen) atoms. The molecule has 2 aromatic carbocycles. The summed E-state index contributed by atoms with van der Waals surface area (Å²) in [6.45, 7) is 1.64. The van der Waals surface area contributed by atoms with E-state index >= 15 is 0 Å². The Hall–Kier alpha value is -2.70. The van der Waals surface area contributed by atoms with Gasteiger partial charge in [-0.3, -0.25) is 19.4 Å². The maximum Gasteiger partial charge on any atom is 0.183 e. The van der Waals surface area contributed by atoms with Crippen molar-refractivity contribution in [3.8, 4) is 11.5 Å². The first-order valence-corrected chi connectivity index (χ1v) is 14.7. The van der Waals surface area contributed by atoms with Crippen LogP contribution in [0.4, 0.5) is 0 Å². The minimum atomic E-state index is -0.465. The fourth-order valence-electron chi connectivity index (χ4n) is 6.83. The fourth-order valence-corrected chi connectivity index (χ4v) is 6.83. The molecule has 0 spiro atoms. The van der Waals surface area contributed by atoms with Crippen LogP contribution in [0, 0.1) is 0 Å². The van der Waals surface area contributed by atoms with Crippen molar-refractivity contribution in [1.82, 2.24) is 9.80 Å². The van der Waals surface area contributed by atoms with E-state index in [0.29, 0.717) is 0 Å². The Bertz CT molecular complexity index is 996. The van der Waals surface area contributed by atoms with E-state index in [0.717, 1.165) is 93.5 Å². The summed E-state index contributed by atoms with van der Waals surface area (Å²) in [4.78, 5) is 32.4. The molecule has 0 saturated heterocycles. The maximum atomic E-state index is 13.9. The number of rotatable bonds is 12. The van der Waals surface area contributed by atoms with Crippen LogP contribution in [0.15, 0.2) is 48.5 Å². The molecule has 0 N–H and O–H groups in total. The fraction of sp³-hybridized carbons (Fsp3) is 0.576. The second-order valence-electron chi connectivity index (χ2n) is 11.5. The van der Waals surface area contributed by atoms with Crippen LogP contribution >= 0.6 is 0 Å². The van der Waals surface area contributed by atoms with Gasteiger partial charge in [0.25, 0.3) is 0 Å². The topological polar surface area (TPSA) is 59.1 Å². The number of likely N-dealkylation sites (N-methyl/N-ethyl adjacent to an activating group) is 2. The Kier molecular flexibility index (Phi) is 9.84. The molecular weight excluding hydrogens is 488 g/mol. The minimum absolute atomic E-state index is 0.221. The number of ether oxygens (including phenoxy) is 2. The molecule has 0 bridgehead atoms. The SMILES string of the molecule is COc1ccc(C(=O)C2(N(C)CCCN(C)C3(C(=O)c4ccc(OC)cc4)CCCCC3)CCCCC2)cc1. The molecule has 0 heterocycles. The predicted octanol–water partition coefficient (Wildman–Crippen LogP) is 6.43. The molecule has 6 heteroatoms. The van der Waals surface area contributed by atoms with Crippen molar-refractivity contribution < 1.29 is 19.1 Å². The number of hydrogen-bond donors (Lipinski definition) is 0. The highest BCUT2D eigenvalue weighted by atomic mass is 16.5. The molecule has 2 aliphatic carbocycles. The Balaban J connectivity index is 1.45. The molecular formula is C33H46N2O4. The van der Waals surface area contributed by atoms with E-state index in [2.05, 4.69) is 23.9 Å². The van der Waals surface area contributed by atoms with Gasteiger partial charge in [-0.05, 0) is 94.7 Å². The van der Waals surface area contributed by atoms with Gasteiger partial charge in [0, 0.05) is 24.2 Å². The minimum Gasteiger partial charge on any atom is -0.497 e. The molecule has 2 aliphatic rings. The summed E-state index contributed by atoms with van der Waals surface area (Å²) in [6.07, 6.45) is 11.1.